The number of aliphatic imine (C=N–C) groups is 1. The van der Waals surface area contributed by atoms with E-state index >= 15 is 0 Å². The molecule has 0 fully saturated rings. The molecular formula is C17H16N2O3S. The average Bonchev–Trinajstić information content (AvgIpc) is 3.15. The van der Waals surface area contributed by atoms with Crippen LogP contribution in [0.3, 0.4) is 0 Å². The van der Waals surface area contributed by atoms with E-state index in [0.29, 0.717) is 22.9 Å². The predicted octanol–water partition coefficient (Wildman–Crippen LogP) is 3.17. The van der Waals surface area contributed by atoms with E-state index in [1.807, 2.05) is 49.3 Å². The van der Waals surface area contributed by atoms with Gasteiger partial charge in [0.1, 0.15) is 5.75 Å². The fourth-order valence-electron chi connectivity index (χ4n) is 2.08. The van der Waals surface area contributed by atoms with E-state index in [9.17, 15) is 4.79 Å². The number of methoxy groups -OCH3 is 1. The Hall–Kier alpha value is -2.60. The van der Waals surface area contributed by atoms with Crippen molar-refractivity contribution in [1.82, 2.24) is 0 Å². The molecule has 0 unspecified atom stereocenters. The summed E-state index contributed by atoms with van der Waals surface area (Å²) in [5.41, 5.74) is 1.01. The summed E-state index contributed by atoms with van der Waals surface area (Å²) in [7, 11) is 5.54. The van der Waals surface area contributed by atoms with Crippen molar-refractivity contribution in [3.63, 3.8) is 0 Å². The summed E-state index contributed by atoms with van der Waals surface area (Å²) >= 11 is 1.59. The number of benzene rings is 1. The normalized spacial score (nSPS) is 15.5. The molecule has 0 aliphatic carbocycles. The number of esters is 1. The standard InChI is InChI=1S/C17H16N2O3S/c1-19(2)15-8-7-13(23-15)10-14-17(20)22-16(18-14)11-5-4-6-12(9-11)21-3/h4-10H,1-3H3/b14-10+. The molecule has 0 atom stereocenters. The number of anilines is 1. The highest BCUT2D eigenvalue weighted by Gasteiger charge is 2.24. The summed E-state index contributed by atoms with van der Waals surface area (Å²) < 4.78 is 10.4. The Bertz CT molecular complexity index is 806. The third kappa shape index (κ3) is 3.27. The van der Waals surface area contributed by atoms with Gasteiger partial charge in [-0.2, -0.15) is 0 Å². The SMILES string of the molecule is COc1cccc(C2=N/C(=C/c3ccc(N(C)C)s3)C(=O)O2)c1. The molecule has 0 saturated heterocycles. The van der Waals surface area contributed by atoms with Crippen LogP contribution in [0.15, 0.2) is 47.1 Å². The van der Waals surface area contributed by atoms with Crippen LogP contribution in [0, 0.1) is 0 Å². The van der Waals surface area contributed by atoms with E-state index in [2.05, 4.69) is 4.99 Å². The average molecular weight is 328 g/mol. The molecule has 2 aromatic rings. The van der Waals surface area contributed by atoms with Crippen LogP contribution in [0.1, 0.15) is 10.4 Å². The molecule has 0 N–H and O–H groups in total. The molecule has 118 valence electrons. The van der Waals surface area contributed by atoms with Gasteiger partial charge >= 0.3 is 5.97 Å². The summed E-state index contributed by atoms with van der Waals surface area (Å²) in [5, 5.41) is 1.11. The fourth-order valence-corrected chi connectivity index (χ4v) is 2.95. The molecule has 3 rings (SSSR count). The van der Waals surface area contributed by atoms with Crippen LogP contribution in [-0.2, 0) is 9.53 Å². The van der Waals surface area contributed by atoms with Crippen LogP contribution >= 0.6 is 11.3 Å². The summed E-state index contributed by atoms with van der Waals surface area (Å²) in [4.78, 5) is 19.3. The number of ether oxygens (including phenoxy) is 2. The Labute approximate surface area is 138 Å². The van der Waals surface area contributed by atoms with Gasteiger partial charge in [-0.05, 0) is 36.4 Å². The van der Waals surface area contributed by atoms with Gasteiger partial charge in [-0.3, -0.25) is 0 Å². The zero-order chi connectivity index (χ0) is 16.4. The zero-order valence-corrected chi connectivity index (χ0v) is 13.9. The zero-order valence-electron chi connectivity index (χ0n) is 13.1. The second-order valence-electron chi connectivity index (χ2n) is 5.14. The van der Waals surface area contributed by atoms with Gasteiger partial charge in [0.15, 0.2) is 5.70 Å². The Morgan fingerprint density at radius 1 is 1.26 bits per heavy atom. The maximum absolute atomic E-state index is 12.0. The van der Waals surface area contributed by atoms with E-state index in [0.717, 1.165) is 9.88 Å². The summed E-state index contributed by atoms with van der Waals surface area (Å²) in [5.74, 6) is 0.541. The van der Waals surface area contributed by atoms with Crippen LogP contribution in [0.4, 0.5) is 5.00 Å². The Kier molecular flexibility index (Phi) is 4.16. The molecule has 0 amide bonds. The summed E-state index contributed by atoms with van der Waals surface area (Å²) in [6, 6.07) is 11.2. The third-order valence-corrected chi connectivity index (χ3v) is 4.47. The van der Waals surface area contributed by atoms with Gasteiger partial charge in [0.05, 0.1) is 12.1 Å². The molecule has 0 saturated carbocycles. The number of cyclic esters (lactones) is 1. The minimum absolute atomic E-state index is 0.296. The maximum Gasteiger partial charge on any atom is 0.363 e. The lowest BCUT2D eigenvalue weighted by molar-refractivity contribution is -0.129. The Balaban J connectivity index is 1.89. The molecule has 0 spiro atoms. The maximum atomic E-state index is 12.0. The van der Waals surface area contributed by atoms with Crippen molar-refractivity contribution in [2.45, 2.75) is 0 Å². The van der Waals surface area contributed by atoms with E-state index in [1.54, 1.807) is 30.6 Å². The van der Waals surface area contributed by atoms with Crippen molar-refractivity contribution in [2.24, 2.45) is 4.99 Å². The Morgan fingerprint density at radius 2 is 2.09 bits per heavy atom. The lowest BCUT2D eigenvalue weighted by Gasteiger charge is -2.06. The first-order chi connectivity index (χ1) is 11.1. The highest BCUT2D eigenvalue weighted by molar-refractivity contribution is 7.16. The van der Waals surface area contributed by atoms with Gasteiger partial charge in [-0.1, -0.05) is 6.07 Å². The van der Waals surface area contributed by atoms with Crippen LogP contribution in [-0.4, -0.2) is 33.1 Å². The number of carbonyl (C=O) groups is 1. The number of carbonyl (C=O) groups excluding carboxylic acids is 1. The third-order valence-electron chi connectivity index (χ3n) is 3.27. The predicted molar refractivity (Wildman–Crippen MR) is 92.2 cm³/mol. The number of thiophene rings is 1. The first-order valence-electron chi connectivity index (χ1n) is 7.01. The van der Waals surface area contributed by atoms with E-state index in [4.69, 9.17) is 9.47 Å². The molecular weight excluding hydrogens is 312 g/mol. The number of rotatable bonds is 4. The number of hydrogen-bond acceptors (Lipinski definition) is 6. The van der Waals surface area contributed by atoms with E-state index < -0.39 is 5.97 Å². The lowest BCUT2D eigenvalue weighted by atomic mass is 10.2. The van der Waals surface area contributed by atoms with Gasteiger partial charge in [0.2, 0.25) is 5.90 Å². The molecule has 1 aliphatic rings. The highest BCUT2D eigenvalue weighted by atomic mass is 32.1. The van der Waals surface area contributed by atoms with Crippen LogP contribution in [0.5, 0.6) is 5.75 Å². The van der Waals surface area contributed by atoms with Crippen LogP contribution in [0.25, 0.3) is 6.08 Å². The molecule has 1 aromatic heterocycles. The largest absolute Gasteiger partial charge is 0.497 e. The minimum atomic E-state index is -0.442. The number of hydrogen-bond donors (Lipinski definition) is 0. The van der Waals surface area contributed by atoms with Crippen molar-refractivity contribution in [3.8, 4) is 5.75 Å². The molecule has 6 heteroatoms. The van der Waals surface area contributed by atoms with Gasteiger partial charge in [-0.25, -0.2) is 9.79 Å². The first kappa shape index (κ1) is 15.3. The molecule has 1 aliphatic heterocycles. The number of nitrogens with zero attached hydrogens (tertiary/aromatic N) is 2. The van der Waals surface area contributed by atoms with Crippen molar-refractivity contribution in [1.29, 1.82) is 0 Å². The molecule has 23 heavy (non-hydrogen) atoms. The van der Waals surface area contributed by atoms with Crippen molar-refractivity contribution in [3.05, 3.63) is 52.5 Å². The smallest absolute Gasteiger partial charge is 0.363 e. The minimum Gasteiger partial charge on any atom is -0.497 e. The van der Waals surface area contributed by atoms with Crippen LogP contribution in [0.2, 0.25) is 0 Å². The quantitative estimate of drug-likeness (QED) is 0.639. The van der Waals surface area contributed by atoms with Gasteiger partial charge < -0.3 is 14.4 Å². The van der Waals surface area contributed by atoms with Gasteiger partial charge in [0.25, 0.3) is 0 Å². The van der Waals surface area contributed by atoms with Gasteiger partial charge in [0, 0.05) is 24.5 Å². The summed E-state index contributed by atoms with van der Waals surface area (Å²) in [6.07, 6.45) is 1.74. The van der Waals surface area contributed by atoms with E-state index in [-0.39, 0.29) is 0 Å². The highest BCUT2D eigenvalue weighted by Crippen LogP contribution is 2.28. The topological polar surface area (TPSA) is 51.1 Å². The van der Waals surface area contributed by atoms with Crippen molar-refractivity contribution < 1.29 is 14.3 Å². The molecule has 2 heterocycles. The van der Waals surface area contributed by atoms with Crippen LogP contribution < -0.4 is 9.64 Å². The summed E-state index contributed by atoms with van der Waals surface area (Å²) in [6.45, 7) is 0. The van der Waals surface area contributed by atoms with Crippen molar-refractivity contribution in [2.75, 3.05) is 26.1 Å². The molecule has 0 bridgehead atoms. The molecule has 1 aromatic carbocycles. The fraction of sp³-hybridized carbons (Fsp3) is 0.176. The molecule has 5 nitrogen and oxygen atoms in total. The van der Waals surface area contributed by atoms with E-state index in [1.165, 1.54) is 0 Å². The molecule has 0 radical (unpaired) electrons. The Morgan fingerprint density at radius 3 is 2.78 bits per heavy atom. The van der Waals surface area contributed by atoms with Gasteiger partial charge in [-0.15, -0.1) is 11.3 Å². The first-order valence-corrected chi connectivity index (χ1v) is 7.82. The monoisotopic (exact) mass is 328 g/mol. The second kappa shape index (κ2) is 6.26. The lowest BCUT2D eigenvalue weighted by Crippen LogP contribution is -2.05. The van der Waals surface area contributed by atoms with Crippen molar-refractivity contribution >= 4 is 34.3 Å². The second-order valence-corrected chi connectivity index (χ2v) is 6.23.